The molecule has 1 heterocycles. The van der Waals surface area contributed by atoms with E-state index in [1.165, 1.54) is 11.8 Å². The summed E-state index contributed by atoms with van der Waals surface area (Å²) in [6, 6.07) is 1.56. The zero-order valence-electron chi connectivity index (χ0n) is 6.74. The molecule has 0 spiro atoms. The molecule has 0 bridgehead atoms. The number of hydrogen-bond donors (Lipinski definition) is 2. The van der Waals surface area contributed by atoms with Gasteiger partial charge in [0.05, 0.1) is 0 Å². The Morgan fingerprint density at radius 3 is 2.92 bits per heavy atom. The number of rotatable bonds is 2. The van der Waals surface area contributed by atoms with E-state index in [0.29, 0.717) is 16.1 Å². The normalized spacial score (nSPS) is 9.69. The van der Waals surface area contributed by atoms with E-state index >= 15 is 0 Å². The number of halogens is 1. The maximum absolute atomic E-state index is 5.72. The van der Waals surface area contributed by atoms with Gasteiger partial charge in [0.2, 0.25) is 0 Å². The second-order valence-electron chi connectivity index (χ2n) is 2.05. The van der Waals surface area contributed by atoms with E-state index in [9.17, 15) is 0 Å². The molecule has 1 aromatic rings. The number of nitrogens with one attached hydrogen (secondary N) is 1. The highest BCUT2D eigenvalue weighted by Gasteiger charge is 2.01. The summed E-state index contributed by atoms with van der Waals surface area (Å²) in [6.45, 7) is 0. The summed E-state index contributed by atoms with van der Waals surface area (Å²) >= 11 is 11.8. The number of thiocarbonyl (C=S) groups is 1. The van der Waals surface area contributed by atoms with Crippen LogP contribution in [0.4, 0.5) is 5.82 Å². The zero-order valence-corrected chi connectivity index (χ0v) is 9.13. The second-order valence-corrected chi connectivity index (χ2v) is 3.65. The minimum Gasteiger partial charge on any atom is -0.376 e. The highest BCUT2D eigenvalue weighted by atomic mass is 35.5. The van der Waals surface area contributed by atoms with Crippen LogP contribution in [-0.4, -0.2) is 21.3 Å². The highest BCUT2D eigenvalue weighted by molar-refractivity contribution is 7.98. The fourth-order valence-corrected chi connectivity index (χ4v) is 1.40. The molecule has 0 atom stereocenters. The molecule has 0 amide bonds. The smallest absolute Gasteiger partial charge is 0.190 e. The first-order valence-electron chi connectivity index (χ1n) is 3.27. The van der Waals surface area contributed by atoms with Gasteiger partial charge in [0.25, 0.3) is 0 Å². The number of nitrogens with zero attached hydrogens (tertiary/aromatic N) is 2. The number of thioether (sulfide) groups is 1. The zero-order chi connectivity index (χ0) is 9.84. The fourth-order valence-electron chi connectivity index (χ4n) is 0.678. The molecule has 0 saturated heterocycles. The lowest BCUT2D eigenvalue weighted by Crippen LogP contribution is -2.19. The van der Waals surface area contributed by atoms with E-state index in [1.807, 2.05) is 6.26 Å². The number of aromatic nitrogens is 2. The van der Waals surface area contributed by atoms with E-state index in [0.717, 1.165) is 0 Å². The Kier molecular flexibility index (Phi) is 3.71. The maximum Gasteiger partial charge on any atom is 0.190 e. The molecule has 0 aromatic carbocycles. The minimum atomic E-state index is 0.154. The average Bonchev–Trinajstić information content (AvgIpc) is 2.01. The van der Waals surface area contributed by atoms with E-state index < -0.39 is 0 Å². The Labute approximate surface area is 90.3 Å². The lowest BCUT2D eigenvalue weighted by atomic mass is 10.6. The third kappa shape index (κ3) is 3.33. The van der Waals surface area contributed by atoms with Gasteiger partial charge in [0, 0.05) is 6.07 Å². The summed E-state index contributed by atoms with van der Waals surface area (Å²) in [5.74, 6) is 0.511. The second kappa shape index (κ2) is 4.59. The average molecular weight is 235 g/mol. The molecule has 4 nitrogen and oxygen atoms in total. The maximum atomic E-state index is 5.72. The molecule has 1 rings (SSSR count). The molecule has 3 N–H and O–H groups in total. The van der Waals surface area contributed by atoms with Crippen molar-refractivity contribution >= 4 is 46.5 Å². The van der Waals surface area contributed by atoms with Crippen LogP contribution in [0.1, 0.15) is 0 Å². The van der Waals surface area contributed by atoms with Crippen molar-refractivity contribution in [2.75, 3.05) is 11.6 Å². The van der Waals surface area contributed by atoms with E-state index in [-0.39, 0.29) is 5.11 Å². The lowest BCUT2D eigenvalue weighted by Gasteiger charge is -2.03. The molecule has 0 radical (unpaired) electrons. The summed E-state index contributed by atoms with van der Waals surface area (Å²) in [6.07, 6.45) is 1.86. The van der Waals surface area contributed by atoms with E-state index in [1.54, 1.807) is 6.07 Å². The van der Waals surface area contributed by atoms with Gasteiger partial charge in [-0.25, -0.2) is 9.97 Å². The van der Waals surface area contributed by atoms with Crippen molar-refractivity contribution in [1.82, 2.24) is 9.97 Å². The van der Waals surface area contributed by atoms with Crippen LogP contribution in [0.3, 0.4) is 0 Å². The molecule has 0 saturated carbocycles. The van der Waals surface area contributed by atoms with Crippen molar-refractivity contribution in [2.24, 2.45) is 5.73 Å². The van der Waals surface area contributed by atoms with Crippen molar-refractivity contribution in [3.63, 3.8) is 0 Å². The van der Waals surface area contributed by atoms with Crippen LogP contribution < -0.4 is 11.1 Å². The van der Waals surface area contributed by atoms with Crippen molar-refractivity contribution in [1.29, 1.82) is 0 Å². The Bertz CT molecular complexity index is 330. The summed E-state index contributed by atoms with van der Waals surface area (Å²) in [5.41, 5.74) is 5.28. The Hall–Kier alpha value is -0.590. The van der Waals surface area contributed by atoms with Gasteiger partial charge >= 0.3 is 0 Å². The van der Waals surface area contributed by atoms with Crippen LogP contribution >= 0.6 is 35.6 Å². The lowest BCUT2D eigenvalue weighted by molar-refractivity contribution is 0.978. The van der Waals surface area contributed by atoms with Crippen LogP contribution in [0.5, 0.6) is 0 Å². The third-order valence-corrected chi connectivity index (χ3v) is 1.95. The number of hydrogen-bond acceptors (Lipinski definition) is 4. The Morgan fingerprint density at radius 2 is 2.38 bits per heavy atom. The van der Waals surface area contributed by atoms with Gasteiger partial charge in [-0.15, -0.1) is 0 Å². The van der Waals surface area contributed by atoms with Crippen LogP contribution in [0.2, 0.25) is 5.15 Å². The molecule has 1 aromatic heterocycles. The van der Waals surface area contributed by atoms with E-state index in [2.05, 4.69) is 27.5 Å². The van der Waals surface area contributed by atoms with Gasteiger partial charge in [-0.3, -0.25) is 0 Å². The SMILES string of the molecule is CSc1nc(Cl)cc(NC(N)=S)n1. The molecule has 0 aliphatic carbocycles. The third-order valence-electron chi connectivity index (χ3n) is 1.11. The van der Waals surface area contributed by atoms with Gasteiger partial charge in [-0.05, 0) is 18.5 Å². The quantitative estimate of drug-likeness (QED) is 0.350. The summed E-state index contributed by atoms with van der Waals surface area (Å²) in [5, 5.41) is 3.77. The summed E-state index contributed by atoms with van der Waals surface area (Å²) in [7, 11) is 0. The van der Waals surface area contributed by atoms with Gasteiger partial charge in [0.1, 0.15) is 11.0 Å². The van der Waals surface area contributed by atoms with Crippen LogP contribution in [0.25, 0.3) is 0 Å². The first kappa shape index (κ1) is 10.5. The number of anilines is 1. The largest absolute Gasteiger partial charge is 0.376 e. The fraction of sp³-hybridized carbons (Fsp3) is 0.167. The van der Waals surface area contributed by atoms with Gasteiger partial charge in [-0.1, -0.05) is 23.4 Å². The van der Waals surface area contributed by atoms with Gasteiger partial charge in [0.15, 0.2) is 10.3 Å². The molecular formula is C6H7ClN4S2. The molecular weight excluding hydrogens is 228 g/mol. The molecule has 13 heavy (non-hydrogen) atoms. The van der Waals surface area contributed by atoms with Crippen LogP contribution in [0.15, 0.2) is 11.2 Å². The van der Waals surface area contributed by atoms with Gasteiger partial charge in [-0.2, -0.15) is 0 Å². The predicted octanol–water partition coefficient (Wildman–Crippen LogP) is 1.51. The molecule has 0 aliphatic rings. The standard InChI is InChI=1S/C6H7ClN4S2/c1-13-6-9-3(7)2-4(11-6)10-5(8)12/h2H,1H3,(H3,8,9,10,11,12). The van der Waals surface area contributed by atoms with Crippen LogP contribution in [0, 0.1) is 0 Å². The minimum absolute atomic E-state index is 0.154. The summed E-state index contributed by atoms with van der Waals surface area (Å²) in [4.78, 5) is 8.03. The topological polar surface area (TPSA) is 63.8 Å². The molecule has 0 unspecified atom stereocenters. The highest BCUT2D eigenvalue weighted by Crippen LogP contribution is 2.16. The number of nitrogens with two attached hydrogens (primary N) is 1. The molecule has 0 fully saturated rings. The summed E-state index contributed by atoms with van der Waals surface area (Å²) < 4.78 is 0. The van der Waals surface area contributed by atoms with Crippen molar-refractivity contribution in [2.45, 2.75) is 5.16 Å². The van der Waals surface area contributed by atoms with Crippen LogP contribution in [-0.2, 0) is 0 Å². The molecule has 70 valence electrons. The predicted molar refractivity (Wildman–Crippen MR) is 59.2 cm³/mol. The Balaban J connectivity index is 2.94. The van der Waals surface area contributed by atoms with E-state index in [4.69, 9.17) is 17.3 Å². The monoisotopic (exact) mass is 234 g/mol. The first-order valence-corrected chi connectivity index (χ1v) is 5.28. The Morgan fingerprint density at radius 1 is 1.69 bits per heavy atom. The molecule has 0 aliphatic heterocycles. The van der Waals surface area contributed by atoms with Crippen molar-refractivity contribution in [3.8, 4) is 0 Å². The first-order chi connectivity index (χ1) is 6.11. The van der Waals surface area contributed by atoms with Crippen molar-refractivity contribution < 1.29 is 0 Å². The van der Waals surface area contributed by atoms with Crippen molar-refractivity contribution in [3.05, 3.63) is 11.2 Å². The van der Waals surface area contributed by atoms with Gasteiger partial charge < -0.3 is 11.1 Å². The molecule has 7 heteroatoms.